The molecule has 0 unspecified atom stereocenters. The third kappa shape index (κ3) is 3.27. The van der Waals surface area contributed by atoms with E-state index >= 15 is 0 Å². The van der Waals surface area contributed by atoms with E-state index in [4.69, 9.17) is 4.74 Å². The number of nitrogens with one attached hydrogen (secondary N) is 1. The fourth-order valence-corrected chi connectivity index (χ4v) is 2.13. The summed E-state index contributed by atoms with van der Waals surface area (Å²) >= 11 is 0. The minimum absolute atomic E-state index is 0.0648. The first-order valence-electron chi connectivity index (χ1n) is 6.84. The molecule has 0 aromatic carbocycles. The molecule has 0 spiro atoms. The summed E-state index contributed by atoms with van der Waals surface area (Å²) in [5.74, 6) is 0. The normalized spacial score (nSPS) is 17.4. The van der Waals surface area contributed by atoms with Crippen molar-refractivity contribution in [3.63, 3.8) is 0 Å². The summed E-state index contributed by atoms with van der Waals surface area (Å²) in [5.41, 5.74) is -0.165. The number of aliphatic hydroxyl groups is 1. The predicted octanol–water partition coefficient (Wildman–Crippen LogP) is 1.17. The van der Waals surface area contributed by atoms with Crippen LogP contribution in [-0.2, 0) is 16.8 Å². The summed E-state index contributed by atoms with van der Waals surface area (Å²) in [7, 11) is 0. The van der Waals surface area contributed by atoms with Gasteiger partial charge in [-0.05, 0) is 40.0 Å². The molecule has 2 rings (SSSR count). The molecule has 1 aromatic heterocycles. The first-order chi connectivity index (χ1) is 9.35. The molecule has 20 heavy (non-hydrogen) atoms. The van der Waals surface area contributed by atoms with Crippen molar-refractivity contribution in [1.82, 2.24) is 20.3 Å². The number of hydrogen-bond donors (Lipinski definition) is 2. The Balaban J connectivity index is 1.89. The highest BCUT2D eigenvalue weighted by atomic mass is 16.6. The van der Waals surface area contributed by atoms with E-state index in [2.05, 4.69) is 15.6 Å². The zero-order valence-corrected chi connectivity index (χ0v) is 12.2. The molecule has 112 valence electrons. The molecule has 1 heterocycles. The van der Waals surface area contributed by atoms with Crippen LogP contribution >= 0.6 is 0 Å². The summed E-state index contributed by atoms with van der Waals surface area (Å²) in [5, 5.41) is 20.2. The molecule has 0 atom stereocenters. The lowest BCUT2D eigenvalue weighted by molar-refractivity contribution is 0.0421. The van der Waals surface area contributed by atoms with Crippen LogP contribution in [0, 0.1) is 0 Å². The molecule has 1 aromatic rings. The molecule has 0 saturated heterocycles. The zero-order chi connectivity index (χ0) is 14.8. The number of carbonyl (C=O) groups is 1. The first-order valence-corrected chi connectivity index (χ1v) is 6.84. The van der Waals surface area contributed by atoms with Crippen LogP contribution in [0.2, 0.25) is 0 Å². The van der Waals surface area contributed by atoms with Crippen molar-refractivity contribution >= 4 is 6.09 Å². The SMILES string of the molecule is CC(C)(C)OC(=O)NCc1cn(C2(CO)CCC2)nn1. The van der Waals surface area contributed by atoms with E-state index in [0.29, 0.717) is 5.69 Å². The average Bonchev–Trinajstić information content (AvgIpc) is 2.72. The fraction of sp³-hybridized carbons (Fsp3) is 0.769. The Morgan fingerprint density at radius 1 is 1.55 bits per heavy atom. The fourth-order valence-electron chi connectivity index (χ4n) is 2.13. The van der Waals surface area contributed by atoms with Gasteiger partial charge in [0.15, 0.2) is 0 Å². The van der Waals surface area contributed by atoms with Crippen molar-refractivity contribution in [3.8, 4) is 0 Å². The summed E-state index contributed by atoms with van der Waals surface area (Å²) in [4.78, 5) is 11.5. The Kier molecular flexibility index (Phi) is 3.99. The zero-order valence-electron chi connectivity index (χ0n) is 12.2. The van der Waals surface area contributed by atoms with Gasteiger partial charge in [0.05, 0.1) is 24.9 Å². The second-order valence-electron chi connectivity index (χ2n) is 6.25. The minimum Gasteiger partial charge on any atom is -0.444 e. The molecular formula is C13H22N4O3. The van der Waals surface area contributed by atoms with Crippen LogP contribution in [-0.4, -0.2) is 38.4 Å². The van der Waals surface area contributed by atoms with Gasteiger partial charge in [-0.2, -0.15) is 0 Å². The summed E-state index contributed by atoms with van der Waals surface area (Å²) in [6, 6.07) is 0. The van der Waals surface area contributed by atoms with E-state index in [9.17, 15) is 9.90 Å². The van der Waals surface area contributed by atoms with Crippen molar-refractivity contribution in [1.29, 1.82) is 0 Å². The first kappa shape index (κ1) is 14.8. The van der Waals surface area contributed by atoms with Crippen molar-refractivity contribution in [2.45, 2.75) is 57.7 Å². The number of carbonyl (C=O) groups excluding carboxylic acids is 1. The Hall–Kier alpha value is -1.63. The van der Waals surface area contributed by atoms with Gasteiger partial charge < -0.3 is 15.2 Å². The second kappa shape index (κ2) is 5.40. The van der Waals surface area contributed by atoms with Gasteiger partial charge in [0, 0.05) is 0 Å². The highest BCUT2D eigenvalue weighted by molar-refractivity contribution is 5.67. The number of aromatic nitrogens is 3. The second-order valence-corrected chi connectivity index (χ2v) is 6.25. The Morgan fingerprint density at radius 2 is 2.25 bits per heavy atom. The van der Waals surface area contributed by atoms with Gasteiger partial charge in [-0.15, -0.1) is 5.10 Å². The standard InChI is InChI=1S/C13H22N4O3/c1-12(2,3)20-11(19)14-7-10-8-17(16-15-10)13(9-18)5-4-6-13/h8,18H,4-7,9H2,1-3H3,(H,14,19). The van der Waals surface area contributed by atoms with E-state index in [0.717, 1.165) is 19.3 Å². The highest BCUT2D eigenvalue weighted by Gasteiger charge is 2.39. The van der Waals surface area contributed by atoms with E-state index in [1.54, 1.807) is 10.9 Å². The van der Waals surface area contributed by atoms with Crippen LogP contribution in [0.3, 0.4) is 0 Å². The van der Waals surface area contributed by atoms with Gasteiger partial charge in [0.25, 0.3) is 0 Å². The largest absolute Gasteiger partial charge is 0.444 e. The Morgan fingerprint density at radius 3 is 2.75 bits per heavy atom. The minimum atomic E-state index is -0.519. The van der Waals surface area contributed by atoms with E-state index in [1.165, 1.54) is 0 Å². The molecule has 0 radical (unpaired) electrons. The molecule has 2 N–H and O–H groups in total. The molecule has 7 heteroatoms. The molecule has 1 aliphatic carbocycles. The smallest absolute Gasteiger partial charge is 0.407 e. The predicted molar refractivity (Wildman–Crippen MR) is 72.0 cm³/mol. The summed E-state index contributed by atoms with van der Waals surface area (Å²) < 4.78 is 6.85. The molecule has 1 amide bonds. The maximum Gasteiger partial charge on any atom is 0.407 e. The van der Waals surface area contributed by atoms with E-state index in [-0.39, 0.29) is 18.7 Å². The van der Waals surface area contributed by atoms with Gasteiger partial charge in [0.2, 0.25) is 0 Å². The van der Waals surface area contributed by atoms with Gasteiger partial charge in [-0.1, -0.05) is 5.21 Å². The number of nitrogens with zero attached hydrogens (tertiary/aromatic N) is 3. The van der Waals surface area contributed by atoms with Crippen LogP contribution in [0.5, 0.6) is 0 Å². The lowest BCUT2D eigenvalue weighted by atomic mass is 9.77. The van der Waals surface area contributed by atoms with Crippen LogP contribution < -0.4 is 5.32 Å². The Bertz CT molecular complexity index is 469. The molecular weight excluding hydrogens is 260 g/mol. The van der Waals surface area contributed by atoms with Gasteiger partial charge in [-0.3, -0.25) is 0 Å². The lowest BCUT2D eigenvalue weighted by Crippen LogP contribution is -2.44. The van der Waals surface area contributed by atoms with Gasteiger partial charge >= 0.3 is 6.09 Å². The highest BCUT2D eigenvalue weighted by Crippen LogP contribution is 2.37. The van der Waals surface area contributed by atoms with Gasteiger partial charge in [-0.25, -0.2) is 9.48 Å². The topological polar surface area (TPSA) is 89.3 Å². The average molecular weight is 282 g/mol. The maximum absolute atomic E-state index is 11.5. The number of ether oxygens (including phenoxy) is 1. The quantitative estimate of drug-likeness (QED) is 0.865. The van der Waals surface area contributed by atoms with Crippen LogP contribution in [0.4, 0.5) is 4.79 Å². The number of rotatable bonds is 4. The van der Waals surface area contributed by atoms with Crippen molar-refractivity contribution in [3.05, 3.63) is 11.9 Å². The number of amides is 1. The number of aliphatic hydroxyl groups excluding tert-OH is 1. The Labute approximate surface area is 118 Å². The third-order valence-electron chi connectivity index (χ3n) is 3.42. The molecule has 0 bridgehead atoms. The summed E-state index contributed by atoms with van der Waals surface area (Å²) in [6.07, 6.45) is 4.20. The number of alkyl carbamates (subject to hydrolysis) is 1. The van der Waals surface area contributed by atoms with Crippen molar-refractivity contribution in [2.75, 3.05) is 6.61 Å². The van der Waals surface area contributed by atoms with Crippen molar-refractivity contribution in [2.24, 2.45) is 0 Å². The van der Waals surface area contributed by atoms with Crippen LogP contribution in [0.25, 0.3) is 0 Å². The molecule has 1 aliphatic rings. The lowest BCUT2D eigenvalue weighted by Gasteiger charge is -2.39. The van der Waals surface area contributed by atoms with Crippen LogP contribution in [0.1, 0.15) is 45.7 Å². The maximum atomic E-state index is 11.5. The van der Waals surface area contributed by atoms with Crippen LogP contribution in [0.15, 0.2) is 6.20 Å². The van der Waals surface area contributed by atoms with E-state index in [1.807, 2.05) is 20.8 Å². The summed E-state index contributed by atoms with van der Waals surface area (Å²) in [6.45, 7) is 5.76. The van der Waals surface area contributed by atoms with E-state index < -0.39 is 11.7 Å². The molecule has 0 aliphatic heterocycles. The molecule has 1 fully saturated rings. The monoisotopic (exact) mass is 282 g/mol. The third-order valence-corrected chi connectivity index (χ3v) is 3.42. The molecule has 1 saturated carbocycles. The van der Waals surface area contributed by atoms with Gasteiger partial charge in [0.1, 0.15) is 11.3 Å². The van der Waals surface area contributed by atoms with Crippen molar-refractivity contribution < 1.29 is 14.6 Å². The molecule has 7 nitrogen and oxygen atoms in total. The number of hydrogen-bond acceptors (Lipinski definition) is 5.